The lowest BCUT2D eigenvalue weighted by atomic mass is 10.0. The van der Waals surface area contributed by atoms with Crippen LogP contribution in [0.5, 0.6) is 0 Å². The van der Waals surface area contributed by atoms with Gasteiger partial charge in [-0.2, -0.15) is 0 Å². The van der Waals surface area contributed by atoms with Crippen molar-refractivity contribution in [2.24, 2.45) is 0 Å². The summed E-state index contributed by atoms with van der Waals surface area (Å²) in [7, 11) is 0. The Hall–Kier alpha value is -2.76. The first-order valence-corrected chi connectivity index (χ1v) is 6.33. The fraction of sp³-hybridized carbons (Fsp3) is 0.143. The first-order chi connectivity index (χ1) is 9.72. The predicted octanol–water partition coefficient (Wildman–Crippen LogP) is 0.994. The molecule has 0 unspecified atom stereocenters. The topological polar surface area (TPSA) is 82.3 Å². The minimum atomic E-state index is -0.206. The molecule has 0 aromatic heterocycles. The first kappa shape index (κ1) is 12.3. The van der Waals surface area contributed by atoms with Crippen molar-refractivity contribution in [3.05, 3.63) is 47.5 Å². The van der Waals surface area contributed by atoms with E-state index in [-0.39, 0.29) is 12.1 Å². The van der Waals surface area contributed by atoms with Gasteiger partial charge in [0.2, 0.25) is 0 Å². The number of nitrogens with one attached hydrogen (secondary N) is 4. The Labute approximate surface area is 115 Å². The van der Waals surface area contributed by atoms with Gasteiger partial charge in [-0.15, -0.1) is 0 Å². The number of rotatable bonds is 2. The maximum absolute atomic E-state index is 11.3. The van der Waals surface area contributed by atoms with E-state index in [1.54, 1.807) is 0 Å². The van der Waals surface area contributed by atoms with Gasteiger partial charge in [0.05, 0.1) is 0 Å². The number of hydrogen-bond donors (Lipinski definition) is 4. The van der Waals surface area contributed by atoms with Gasteiger partial charge >= 0.3 is 12.1 Å². The van der Waals surface area contributed by atoms with Crippen LogP contribution in [0.4, 0.5) is 9.59 Å². The van der Waals surface area contributed by atoms with Crippen LogP contribution < -0.4 is 21.3 Å². The lowest BCUT2D eigenvalue weighted by Crippen LogP contribution is -2.39. The SMILES string of the molecule is O=C1NCC=C(c2cccc(C3=CCNC(=O)N3)c2)N1. The molecule has 1 aromatic carbocycles. The maximum Gasteiger partial charge on any atom is 0.319 e. The highest BCUT2D eigenvalue weighted by molar-refractivity contribution is 5.90. The largest absolute Gasteiger partial charge is 0.334 e. The summed E-state index contributed by atoms with van der Waals surface area (Å²) in [4.78, 5) is 22.7. The Morgan fingerprint density at radius 2 is 1.30 bits per heavy atom. The van der Waals surface area contributed by atoms with Gasteiger partial charge in [-0.1, -0.05) is 18.2 Å². The molecule has 0 radical (unpaired) electrons. The van der Waals surface area contributed by atoms with Gasteiger partial charge < -0.3 is 21.3 Å². The summed E-state index contributed by atoms with van der Waals surface area (Å²) in [5.74, 6) is 0. The summed E-state index contributed by atoms with van der Waals surface area (Å²) in [6.45, 7) is 1.02. The summed E-state index contributed by atoms with van der Waals surface area (Å²) >= 11 is 0. The van der Waals surface area contributed by atoms with E-state index in [2.05, 4.69) is 21.3 Å². The third-order valence-corrected chi connectivity index (χ3v) is 3.12. The van der Waals surface area contributed by atoms with Crippen molar-refractivity contribution >= 4 is 23.5 Å². The van der Waals surface area contributed by atoms with Crippen LogP contribution in [0.3, 0.4) is 0 Å². The molecule has 0 spiro atoms. The third kappa shape index (κ3) is 2.49. The fourth-order valence-electron chi connectivity index (χ4n) is 2.16. The molecule has 2 aliphatic rings. The molecule has 0 atom stereocenters. The molecule has 0 saturated heterocycles. The van der Waals surface area contributed by atoms with Crippen molar-refractivity contribution in [1.82, 2.24) is 21.3 Å². The summed E-state index contributed by atoms with van der Waals surface area (Å²) in [5, 5.41) is 10.9. The minimum Gasteiger partial charge on any atom is -0.334 e. The standard InChI is InChI=1S/C14H14N4O2/c19-13-15-6-4-11(17-13)9-2-1-3-10(8-9)12-5-7-16-14(20)18-12/h1-5,8H,6-7H2,(H2,15,17,19)(H2,16,18,20). The van der Waals surface area contributed by atoms with Crippen molar-refractivity contribution in [2.45, 2.75) is 0 Å². The maximum atomic E-state index is 11.3. The number of benzene rings is 1. The van der Waals surface area contributed by atoms with E-state index in [0.29, 0.717) is 13.1 Å². The number of hydrogen-bond acceptors (Lipinski definition) is 2. The van der Waals surface area contributed by atoms with E-state index in [4.69, 9.17) is 0 Å². The van der Waals surface area contributed by atoms with E-state index in [9.17, 15) is 9.59 Å². The second-order valence-corrected chi connectivity index (χ2v) is 4.49. The van der Waals surface area contributed by atoms with E-state index in [0.717, 1.165) is 22.5 Å². The molecule has 0 aliphatic carbocycles. The molecule has 102 valence electrons. The minimum absolute atomic E-state index is 0.206. The molecule has 6 heteroatoms. The molecule has 6 nitrogen and oxygen atoms in total. The Bertz CT molecular complexity index is 583. The quantitative estimate of drug-likeness (QED) is 0.646. The molecular weight excluding hydrogens is 256 g/mol. The summed E-state index contributed by atoms with van der Waals surface area (Å²) in [6.07, 6.45) is 3.83. The van der Waals surface area contributed by atoms with Crippen LogP contribution in [0.2, 0.25) is 0 Å². The molecule has 0 bridgehead atoms. The van der Waals surface area contributed by atoms with Gasteiger partial charge in [0, 0.05) is 24.5 Å². The number of carbonyl (C=O) groups is 2. The van der Waals surface area contributed by atoms with Crippen LogP contribution in [-0.4, -0.2) is 25.2 Å². The molecule has 3 rings (SSSR count). The lowest BCUT2D eigenvalue weighted by Gasteiger charge is -2.19. The van der Waals surface area contributed by atoms with Crippen LogP contribution in [0.25, 0.3) is 11.4 Å². The molecule has 0 saturated carbocycles. The van der Waals surface area contributed by atoms with Gasteiger partial charge in [-0.3, -0.25) is 0 Å². The molecule has 2 heterocycles. The van der Waals surface area contributed by atoms with E-state index >= 15 is 0 Å². The van der Waals surface area contributed by atoms with E-state index in [1.165, 1.54) is 0 Å². The van der Waals surface area contributed by atoms with E-state index < -0.39 is 0 Å². The van der Waals surface area contributed by atoms with Crippen molar-refractivity contribution in [3.8, 4) is 0 Å². The molecular formula is C14H14N4O2. The van der Waals surface area contributed by atoms with Crippen molar-refractivity contribution in [2.75, 3.05) is 13.1 Å². The van der Waals surface area contributed by atoms with Gasteiger partial charge in [-0.25, -0.2) is 9.59 Å². The van der Waals surface area contributed by atoms with Gasteiger partial charge in [0.1, 0.15) is 0 Å². The summed E-state index contributed by atoms with van der Waals surface area (Å²) in [6, 6.07) is 7.27. The number of urea groups is 2. The number of amides is 4. The molecule has 1 aromatic rings. The zero-order valence-electron chi connectivity index (χ0n) is 10.7. The van der Waals surface area contributed by atoms with Crippen molar-refractivity contribution in [1.29, 1.82) is 0 Å². The molecule has 20 heavy (non-hydrogen) atoms. The van der Waals surface area contributed by atoms with Crippen molar-refractivity contribution in [3.63, 3.8) is 0 Å². The highest BCUT2D eigenvalue weighted by Gasteiger charge is 2.14. The van der Waals surface area contributed by atoms with Crippen LogP contribution >= 0.6 is 0 Å². The van der Waals surface area contributed by atoms with Crippen LogP contribution in [0.15, 0.2) is 36.4 Å². The molecule has 4 N–H and O–H groups in total. The van der Waals surface area contributed by atoms with Crippen molar-refractivity contribution < 1.29 is 9.59 Å². The average molecular weight is 270 g/mol. The Morgan fingerprint density at radius 3 is 1.75 bits per heavy atom. The monoisotopic (exact) mass is 270 g/mol. The Morgan fingerprint density at radius 1 is 0.800 bits per heavy atom. The highest BCUT2D eigenvalue weighted by atomic mass is 16.2. The van der Waals surface area contributed by atoms with Gasteiger partial charge in [0.25, 0.3) is 0 Å². The second kappa shape index (κ2) is 5.08. The third-order valence-electron chi connectivity index (χ3n) is 3.12. The average Bonchev–Trinajstić information content (AvgIpc) is 2.47. The molecule has 4 amide bonds. The normalized spacial score (nSPS) is 18.0. The van der Waals surface area contributed by atoms with Crippen LogP contribution in [0.1, 0.15) is 11.1 Å². The molecule has 2 aliphatic heterocycles. The van der Waals surface area contributed by atoms with E-state index in [1.807, 2.05) is 36.4 Å². The smallest absolute Gasteiger partial charge is 0.319 e. The summed E-state index contributed by atoms with van der Waals surface area (Å²) in [5.41, 5.74) is 3.37. The first-order valence-electron chi connectivity index (χ1n) is 6.33. The lowest BCUT2D eigenvalue weighted by molar-refractivity contribution is 0.244. The zero-order chi connectivity index (χ0) is 13.9. The zero-order valence-corrected chi connectivity index (χ0v) is 10.7. The highest BCUT2D eigenvalue weighted by Crippen LogP contribution is 2.19. The fourth-order valence-corrected chi connectivity index (χ4v) is 2.16. The Balaban J connectivity index is 1.90. The summed E-state index contributed by atoms with van der Waals surface area (Å²) < 4.78 is 0. The van der Waals surface area contributed by atoms with Gasteiger partial charge in [0.15, 0.2) is 0 Å². The van der Waals surface area contributed by atoms with Crippen LogP contribution in [-0.2, 0) is 0 Å². The van der Waals surface area contributed by atoms with Crippen LogP contribution in [0, 0.1) is 0 Å². The Kier molecular flexibility index (Phi) is 3.12. The van der Waals surface area contributed by atoms with Gasteiger partial charge in [-0.05, 0) is 29.3 Å². The number of carbonyl (C=O) groups excluding carboxylic acids is 2. The predicted molar refractivity (Wildman–Crippen MR) is 75.5 cm³/mol. The second-order valence-electron chi connectivity index (χ2n) is 4.49. The molecule has 0 fully saturated rings.